The number of nitrogens with zero attached hydrogens (tertiary/aromatic N) is 3. The monoisotopic (exact) mass is 552 g/mol. The van der Waals surface area contributed by atoms with Gasteiger partial charge in [-0.25, -0.2) is 22.8 Å². The number of sulfonamides is 1. The Bertz CT molecular complexity index is 1650. The molecule has 2 aromatic heterocycles. The van der Waals surface area contributed by atoms with Crippen LogP contribution in [0.25, 0.3) is 21.3 Å². The quantitative estimate of drug-likeness (QED) is 0.316. The molecule has 1 fully saturated rings. The number of rotatable bonds is 5. The average molecular weight is 553 g/mol. The van der Waals surface area contributed by atoms with Crippen LogP contribution in [0.1, 0.15) is 26.3 Å². The Hall–Kier alpha value is -3.28. The minimum Gasteiger partial charge on any atom is -0.363 e. The van der Waals surface area contributed by atoms with Gasteiger partial charge in [-0.15, -0.1) is 11.3 Å². The molecule has 0 spiro atoms. The van der Waals surface area contributed by atoms with Crippen LogP contribution in [0.4, 0.5) is 27.4 Å². The fourth-order valence-electron chi connectivity index (χ4n) is 4.98. The van der Waals surface area contributed by atoms with Crippen molar-refractivity contribution in [3.8, 4) is 11.1 Å². The molecule has 0 bridgehead atoms. The Morgan fingerprint density at radius 1 is 1.18 bits per heavy atom. The van der Waals surface area contributed by atoms with Crippen LogP contribution in [0, 0.1) is 5.82 Å². The molecule has 198 valence electrons. The predicted molar refractivity (Wildman–Crippen MR) is 153 cm³/mol. The lowest BCUT2D eigenvalue weighted by molar-refractivity contribution is 0.489. The first-order valence-electron chi connectivity index (χ1n) is 12.5. The van der Waals surface area contributed by atoms with E-state index in [2.05, 4.69) is 25.2 Å². The minimum atomic E-state index is -3.56. The van der Waals surface area contributed by atoms with Crippen LogP contribution in [0.5, 0.6) is 0 Å². The minimum absolute atomic E-state index is 0.235. The highest BCUT2D eigenvalue weighted by Gasteiger charge is 2.34. The highest BCUT2D eigenvalue weighted by Crippen LogP contribution is 2.38. The van der Waals surface area contributed by atoms with E-state index in [1.165, 1.54) is 17.4 Å². The summed E-state index contributed by atoms with van der Waals surface area (Å²) in [7, 11) is -3.56. The summed E-state index contributed by atoms with van der Waals surface area (Å²) in [5.41, 5.74) is 5.26. The van der Waals surface area contributed by atoms with Gasteiger partial charge >= 0.3 is 0 Å². The fourth-order valence-corrected chi connectivity index (χ4v) is 6.59. The maximum atomic E-state index is 15.2. The Morgan fingerprint density at radius 3 is 2.84 bits per heavy atom. The number of fused-ring (bicyclic) bond motifs is 4. The van der Waals surface area contributed by atoms with Gasteiger partial charge in [0.15, 0.2) is 0 Å². The Morgan fingerprint density at radius 2 is 2.03 bits per heavy atom. The molecule has 1 saturated heterocycles. The van der Waals surface area contributed by atoms with Gasteiger partial charge in [0.1, 0.15) is 5.82 Å². The zero-order chi connectivity index (χ0) is 26.7. The number of piperazine rings is 1. The molecule has 2 aliphatic rings. The van der Waals surface area contributed by atoms with E-state index in [4.69, 9.17) is 4.98 Å². The van der Waals surface area contributed by atoms with Crippen molar-refractivity contribution in [1.82, 2.24) is 15.3 Å². The molecule has 38 heavy (non-hydrogen) atoms. The number of hydrogen-bond acceptors (Lipinski definition) is 8. The van der Waals surface area contributed by atoms with Crippen molar-refractivity contribution in [2.45, 2.75) is 38.0 Å². The van der Waals surface area contributed by atoms with Gasteiger partial charge < -0.3 is 15.5 Å². The summed E-state index contributed by atoms with van der Waals surface area (Å²) >= 11 is 1.51. The molecule has 1 atom stereocenters. The first kappa shape index (κ1) is 25.0. The molecule has 8 nitrogen and oxygen atoms in total. The number of aromatic nitrogens is 2. The molecular formula is C27H29FN6O2S2. The zero-order valence-electron chi connectivity index (χ0n) is 21.4. The first-order valence-corrected chi connectivity index (χ1v) is 14.9. The van der Waals surface area contributed by atoms with Crippen molar-refractivity contribution >= 4 is 54.6 Å². The first-order chi connectivity index (χ1) is 18.1. The molecule has 4 aromatic rings. The topological polar surface area (TPSA) is 99.2 Å². The normalized spacial score (nSPS) is 17.4. The molecular weight excluding hydrogens is 523 g/mol. The fraction of sp³-hybridized carbons (Fsp3) is 0.333. The van der Waals surface area contributed by atoms with Gasteiger partial charge in [0.05, 0.1) is 26.8 Å². The summed E-state index contributed by atoms with van der Waals surface area (Å²) < 4.78 is 43.1. The lowest BCUT2D eigenvalue weighted by Crippen LogP contribution is -2.49. The number of nitrogens with one attached hydrogen (secondary N) is 3. The van der Waals surface area contributed by atoms with Crippen LogP contribution < -0.4 is 20.3 Å². The van der Waals surface area contributed by atoms with Gasteiger partial charge in [-0.2, -0.15) is 0 Å². The largest absolute Gasteiger partial charge is 0.363 e. The van der Waals surface area contributed by atoms with Gasteiger partial charge in [-0.3, -0.25) is 4.72 Å². The summed E-state index contributed by atoms with van der Waals surface area (Å²) in [4.78, 5) is 11.4. The molecule has 0 saturated carbocycles. The molecule has 4 heterocycles. The van der Waals surface area contributed by atoms with Crippen molar-refractivity contribution in [3.05, 3.63) is 59.4 Å². The average Bonchev–Trinajstić information content (AvgIpc) is 3.44. The van der Waals surface area contributed by atoms with Crippen molar-refractivity contribution in [2.24, 2.45) is 0 Å². The Balaban J connectivity index is 1.29. The molecule has 1 unspecified atom stereocenters. The van der Waals surface area contributed by atoms with Gasteiger partial charge in [0.2, 0.25) is 16.0 Å². The zero-order valence-corrected chi connectivity index (χ0v) is 23.0. The lowest BCUT2D eigenvalue weighted by atomic mass is 10.1. The number of benzene rings is 2. The van der Waals surface area contributed by atoms with Crippen LogP contribution >= 0.6 is 11.3 Å². The molecule has 6 rings (SSSR count). The Kier molecular flexibility index (Phi) is 6.04. The molecule has 11 heteroatoms. The van der Waals surface area contributed by atoms with Crippen LogP contribution in [-0.2, 0) is 16.4 Å². The van der Waals surface area contributed by atoms with Gasteiger partial charge in [-0.1, -0.05) is 12.1 Å². The highest BCUT2D eigenvalue weighted by molar-refractivity contribution is 7.94. The number of thiophene rings is 1. The van der Waals surface area contributed by atoms with E-state index in [1.807, 2.05) is 23.6 Å². The molecule has 0 aliphatic carbocycles. The summed E-state index contributed by atoms with van der Waals surface area (Å²) in [6.07, 6.45) is 2.55. The van der Waals surface area contributed by atoms with E-state index in [1.54, 1.807) is 39.1 Å². The molecule has 2 aromatic carbocycles. The maximum Gasteiger partial charge on any atom is 0.237 e. The lowest BCUT2D eigenvalue weighted by Gasteiger charge is -2.32. The van der Waals surface area contributed by atoms with E-state index in [-0.39, 0.29) is 11.9 Å². The third-order valence-electron chi connectivity index (χ3n) is 7.04. The van der Waals surface area contributed by atoms with Crippen LogP contribution in [0.15, 0.2) is 48.0 Å². The highest BCUT2D eigenvalue weighted by atomic mass is 32.2. The summed E-state index contributed by atoms with van der Waals surface area (Å²) in [5, 5.41) is 8.56. The second-order valence-electron chi connectivity index (χ2n) is 10.7. The van der Waals surface area contributed by atoms with Gasteiger partial charge in [-0.05, 0) is 62.6 Å². The summed E-state index contributed by atoms with van der Waals surface area (Å²) in [6.45, 7) is 7.50. The smallest absolute Gasteiger partial charge is 0.237 e. The van der Waals surface area contributed by atoms with E-state index in [0.717, 1.165) is 53.0 Å². The van der Waals surface area contributed by atoms with Crippen molar-refractivity contribution in [2.75, 3.05) is 34.6 Å². The number of anilines is 4. The van der Waals surface area contributed by atoms with Crippen LogP contribution in [0.2, 0.25) is 0 Å². The van der Waals surface area contributed by atoms with Crippen molar-refractivity contribution in [3.63, 3.8) is 0 Å². The molecule has 0 amide bonds. The third kappa shape index (κ3) is 4.48. The molecule has 0 radical (unpaired) electrons. The number of halogens is 1. The van der Waals surface area contributed by atoms with E-state index >= 15 is 4.39 Å². The van der Waals surface area contributed by atoms with Crippen molar-refractivity contribution < 1.29 is 12.8 Å². The van der Waals surface area contributed by atoms with Crippen LogP contribution in [-0.4, -0.2) is 48.8 Å². The van der Waals surface area contributed by atoms with Gasteiger partial charge in [0.25, 0.3) is 0 Å². The van der Waals surface area contributed by atoms with Gasteiger partial charge in [0, 0.05) is 48.0 Å². The Labute approximate surface area is 225 Å². The predicted octanol–water partition coefficient (Wildman–Crippen LogP) is 5.12. The summed E-state index contributed by atoms with van der Waals surface area (Å²) in [5.74, 6) is 0.139. The number of hydrogen-bond donors (Lipinski definition) is 3. The van der Waals surface area contributed by atoms with Crippen molar-refractivity contribution in [1.29, 1.82) is 0 Å². The maximum absolute atomic E-state index is 15.2. The van der Waals surface area contributed by atoms with E-state index in [9.17, 15) is 8.42 Å². The SMILES string of the molecule is CC(C)(C)S(=O)(=O)Nc1cccc(-c2csc3cnc(Nc4cc(F)c5c(c4)CC4CNCCN54)nc23)c1. The van der Waals surface area contributed by atoms with Crippen LogP contribution in [0.3, 0.4) is 0 Å². The van der Waals surface area contributed by atoms with E-state index < -0.39 is 14.8 Å². The second-order valence-corrected chi connectivity index (χ2v) is 14.0. The molecule has 3 N–H and O–H groups in total. The van der Waals surface area contributed by atoms with E-state index in [0.29, 0.717) is 23.0 Å². The molecule has 2 aliphatic heterocycles. The second kappa shape index (κ2) is 9.18. The standard InChI is InChI=1S/C27H29FN6O2S2/c1-27(2,3)38(35,36)33-18-6-4-5-16(9-18)21-15-37-23-14-30-26(32-24(21)23)31-19-10-17-11-20-13-29-7-8-34(20)25(17)22(28)12-19/h4-6,9-10,12,14-15,20,29,33H,7-8,11,13H2,1-3H3,(H,30,31,32). The summed E-state index contributed by atoms with van der Waals surface area (Å²) in [6, 6.07) is 11.1. The third-order valence-corrected chi connectivity index (χ3v) is 10.1.